The normalized spacial score (nSPS) is 19.3. The number of nitrogens with zero attached hydrogens (tertiary/aromatic N) is 4. The number of aliphatic hydroxyl groups is 1. The predicted molar refractivity (Wildman–Crippen MR) is 86.6 cm³/mol. The Labute approximate surface area is 138 Å². The molecular weight excluding hydrogens is 316 g/mol. The number of aliphatic hydroxyl groups excluding tert-OH is 1. The summed E-state index contributed by atoms with van der Waals surface area (Å²) in [5, 5.41) is 19.1. The van der Waals surface area contributed by atoms with Crippen molar-refractivity contribution in [3.63, 3.8) is 0 Å². The second-order valence-electron chi connectivity index (χ2n) is 5.46. The quantitative estimate of drug-likeness (QED) is 0.927. The van der Waals surface area contributed by atoms with Gasteiger partial charge in [0, 0.05) is 7.05 Å². The minimum absolute atomic E-state index is 0.253. The number of carbonyl (C=O) groups excluding carboxylic acids is 1. The van der Waals surface area contributed by atoms with E-state index in [2.05, 4.69) is 10.2 Å². The first kappa shape index (κ1) is 15.7. The number of benzene rings is 1. The summed E-state index contributed by atoms with van der Waals surface area (Å²) >= 11 is 1.24. The average molecular weight is 334 g/mol. The molecule has 2 aromatic rings. The van der Waals surface area contributed by atoms with E-state index in [0.29, 0.717) is 10.1 Å². The van der Waals surface area contributed by atoms with Gasteiger partial charge in [-0.25, -0.2) is 9.69 Å². The van der Waals surface area contributed by atoms with Crippen molar-refractivity contribution in [3.05, 3.63) is 34.8 Å². The average Bonchev–Trinajstić information content (AvgIpc) is 3.07. The molecule has 2 amide bonds. The van der Waals surface area contributed by atoms with E-state index >= 15 is 0 Å². The van der Waals surface area contributed by atoms with Crippen LogP contribution < -0.4 is 9.64 Å². The maximum Gasteiger partial charge on any atom is 0.328 e. The van der Waals surface area contributed by atoms with Gasteiger partial charge in [0.25, 0.3) is 0 Å². The number of β-amino-alcohol motifs (C(OH)–C–C–N with tert-alkyl or cyclic N) is 1. The van der Waals surface area contributed by atoms with Crippen molar-refractivity contribution in [1.82, 2.24) is 15.1 Å². The Morgan fingerprint density at radius 2 is 2.13 bits per heavy atom. The van der Waals surface area contributed by atoms with E-state index < -0.39 is 6.23 Å². The third-order valence-corrected chi connectivity index (χ3v) is 4.73. The Kier molecular flexibility index (Phi) is 4.18. The second-order valence-corrected chi connectivity index (χ2v) is 6.45. The van der Waals surface area contributed by atoms with Gasteiger partial charge in [0.2, 0.25) is 5.13 Å². The maximum atomic E-state index is 12.0. The zero-order valence-electron chi connectivity index (χ0n) is 13.1. The highest BCUT2D eigenvalue weighted by molar-refractivity contribution is 7.15. The van der Waals surface area contributed by atoms with Crippen molar-refractivity contribution < 1.29 is 14.6 Å². The van der Waals surface area contributed by atoms with Gasteiger partial charge in [-0.3, -0.25) is 0 Å². The zero-order valence-corrected chi connectivity index (χ0v) is 13.9. The lowest BCUT2D eigenvalue weighted by Crippen LogP contribution is -2.34. The van der Waals surface area contributed by atoms with Gasteiger partial charge in [-0.1, -0.05) is 29.5 Å². The summed E-state index contributed by atoms with van der Waals surface area (Å²) in [5.41, 5.74) is 1.04. The molecule has 0 radical (unpaired) electrons. The molecule has 0 bridgehead atoms. The maximum absolute atomic E-state index is 12.0. The van der Waals surface area contributed by atoms with Crippen molar-refractivity contribution in [2.24, 2.45) is 0 Å². The van der Waals surface area contributed by atoms with Crippen LogP contribution in [-0.4, -0.2) is 46.1 Å². The van der Waals surface area contributed by atoms with Crippen LogP contribution in [0.3, 0.4) is 0 Å². The first-order chi connectivity index (χ1) is 11.0. The topological polar surface area (TPSA) is 78.8 Å². The van der Waals surface area contributed by atoms with Gasteiger partial charge in [0.15, 0.2) is 11.2 Å². The lowest BCUT2D eigenvalue weighted by Gasteiger charge is -2.15. The van der Waals surface area contributed by atoms with Gasteiger partial charge in [0.05, 0.1) is 6.54 Å². The minimum Gasteiger partial charge on any atom is -0.483 e. The molecule has 1 saturated heterocycles. The SMILES string of the molecule is Cc1ccccc1OC(C)c1nnc(N2C(=O)N(C)CC2O)s1. The first-order valence-corrected chi connectivity index (χ1v) is 8.07. The van der Waals surface area contributed by atoms with Crippen LogP contribution in [0.15, 0.2) is 24.3 Å². The molecule has 1 aromatic heterocycles. The van der Waals surface area contributed by atoms with Gasteiger partial charge in [-0.15, -0.1) is 10.2 Å². The number of anilines is 1. The van der Waals surface area contributed by atoms with Crippen LogP contribution in [0.5, 0.6) is 5.75 Å². The van der Waals surface area contributed by atoms with Gasteiger partial charge in [-0.2, -0.15) is 0 Å². The molecular formula is C15H18N4O3S. The lowest BCUT2D eigenvalue weighted by atomic mass is 10.2. The summed E-state index contributed by atoms with van der Waals surface area (Å²) in [7, 11) is 1.64. The fourth-order valence-electron chi connectivity index (χ4n) is 2.34. The Morgan fingerprint density at radius 1 is 1.39 bits per heavy atom. The Bertz CT molecular complexity index is 720. The molecule has 122 valence electrons. The number of likely N-dealkylation sites (N-methyl/N-ethyl adjacent to an activating group) is 1. The molecule has 1 N–H and O–H groups in total. The molecule has 2 atom stereocenters. The molecule has 1 aromatic carbocycles. The van der Waals surface area contributed by atoms with E-state index in [1.54, 1.807) is 7.05 Å². The van der Waals surface area contributed by atoms with E-state index in [1.807, 2.05) is 38.1 Å². The van der Waals surface area contributed by atoms with E-state index in [0.717, 1.165) is 11.3 Å². The molecule has 1 fully saturated rings. The second kappa shape index (κ2) is 6.13. The molecule has 23 heavy (non-hydrogen) atoms. The minimum atomic E-state index is -0.902. The van der Waals surface area contributed by atoms with Crippen LogP contribution in [0.25, 0.3) is 0 Å². The number of hydrogen-bond donors (Lipinski definition) is 1. The van der Waals surface area contributed by atoms with E-state index in [1.165, 1.54) is 21.1 Å². The summed E-state index contributed by atoms with van der Waals surface area (Å²) < 4.78 is 5.91. The van der Waals surface area contributed by atoms with Crippen LogP contribution in [0, 0.1) is 6.92 Å². The van der Waals surface area contributed by atoms with Crippen LogP contribution in [0.1, 0.15) is 23.6 Å². The van der Waals surface area contributed by atoms with Crippen molar-refractivity contribution >= 4 is 22.5 Å². The molecule has 2 unspecified atom stereocenters. The summed E-state index contributed by atoms with van der Waals surface area (Å²) in [5.74, 6) is 0.786. The van der Waals surface area contributed by atoms with Gasteiger partial charge < -0.3 is 14.7 Å². The first-order valence-electron chi connectivity index (χ1n) is 7.25. The van der Waals surface area contributed by atoms with E-state index in [4.69, 9.17) is 4.74 Å². The van der Waals surface area contributed by atoms with Crippen LogP contribution >= 0.6 is 11.3 Å². The van der Waals surface area contributed by atoms with Crippen molar-refractivity contribution in [1.29, 1.82) is 0 Å². The predicted octanol–water partition coefficient (Wildman–Crippen LogP) is 2.18. The number of aryl methyl sites for hydroxylation is 1. The number of amides is 2. The van der Waals surface area contributed by atoms with Crippen molar-refractivity contribution in [2.45, 2.75) is 26.2 Å². The summed E-state index contributed by atoms with van der Waals surface area (Å²) in [6.45, 7) is 4.11. The molecule has 8 heteroatoms. The molecule has 7 nitrogen and oxygen atoms in total. The number of aromatic nitrogens is 2. The molecule has 0 spiro atoms. The highest BCUT2D eigenvalue weighted by atomic mass is 32.1. The Morgan fingerprint density at radius 3 is 2.78 bits per heavy atom. The Balaban J connectivity index is 1.77. The molecule has 0 aliphatic carbocycles. The number of carbonyl (C=O) groups is 1. The standard InChI is InChI=1S/C15H18N4O3S/c1-9-6-4-5-7-11(9)22-10(2)13-16-17-14(23-13)19-12(20)8-18(3)15(19)21/h4-7,10,12,20H,8H2,1-3H3. The Hall–Kier alpha value is -2.19. The summed E-state index contributed by atoms with van der Waals surface area (Å²) in [6, 6.07) is 7.45. The number of para-hydroxylation sites is 1. The van der Waals surface area contributed by atoms with Crippen molar-refractivity contribution in [2.75, 3.05) is 18.5 Å². The number of rotatable bonds is 4. The molecule has 1 aliphatic heterocycles. The molecule has 0 saturated carbocycles. The third kappa shape index (κ3) is 2.99. The summed E-state index contributed by atoms with van der Waals surface area (Å²) in [4.78, 5) is 14.7. The lowest BCUT2D eigenvalue weighted by molar-refractivity contribution is 0.183. The fraction of sp³-hybridized carbons (Fsp3) is 0.400. The van der Waals surface area contributed by atoms with E-state index in [9.17, 15) is 9.90 Å². The highest BCUT2D eigenvalue weighted by Gasteiger charge is 2.37. The number of urea groups is 1. The van der Waals surface area contributed by atoms with Gasteiger partial charge in [-0.05, 0) is 25.5 Å². The molecule has 2 heterocycles. The molecule has 1 aliphatic rings. The number of hydrogen-bond acceptors (Lipinski definition) is 6. The smallest absolute Gasteiger partial charge is 0.328 e. The van der Waals surface area contributed by atoms with Gasteiger partial charge in [0.1, 0.15) is 11.9 Å². The zero-order chi connectivity index (χ0) is 16.6. The number of ether oxygens (including phenoxy) is 1. The van der Waals surface area contributed by atoms with Gasteiger partial charge >= 0.3 is 6.03 Å². The third-order valence-electron chi connectivity index (χ3n) is 3.65. The highest BCUT2D eigenvalue weighted by Crippen LogP contribution is 2.31. The fourth-order valence-corrected chi connectivity index (χ4v) is 3.21. The van der Waals surface area contributed by atoms with Crippen LogP contribution in [0.4, 0.5) is 9.93 Å². The largest absolute Gasteiger partial charge is 0.483 e. The van der Waals surface area contributed by atoms with Crippen LogP contribution in [-0.2, 0) is 0 Å². The molecule has 3 rings (SSSR count). The van der Waals surface area contributed by atoms with E-state index in [-0.39, 0.29) is 18.7 Å². The van der Waals surface area contributed by atoms with Crippen LogP contribution in [0.2, 0.25) is 0 Å². The summed E-state index contributed by atoms with van der Waals surface area (Å²) in [6.07, 6.45) is -1.20. The monoisotopic (exact) mass is 334 g/mol. The van der Waals surface area contributed by atoms with Crippen molar-refractivity contribution in [3.8, 4) is 5.75 Å².